The summed E-state index contributed by atoms with van der Waals surface area (Å²) in [5, 5.41) is 17.5. The van der Waals surface area contributed by atoms with Crippen molar-refractivity contribution in [3.8, 4) is 0 Å². The molecule has 0 fully saturated rings. The minimum absolute atomic E-state index is 0.114. The van der Waals surface area contributed by atoms with Gasteiger partial charge in [0, 0.05) is 24.0 Å². The zero-order valence-corrected chi connectivity index (χ0v) is 16.3. The highest BCUT2D eigenvalue weighted by Crippen LogP contribution is 2.29. The Morgan fingerprint density at radius 3 is 2.54 bits per heavy atom. The Hall–Kier alpha value is -2.30. The Bertz CT molecular complexity index is 904. The molecule has 0 bridgehead atoms. The van der Waals surface area contributed by atoms with Crippen molar-refractivity contribution in [3.63, 3.8) is 0 Å². The third kappa shape index (κ3) is 4.26. The average molecular weight is 396 g/mol. The summed E-state index contributed by atoms with van der Waals surface area (Å²) in [6, 6.07) is 7.54. The number of hydrogen-bond donors (Lipinski definition) is 1. The number of rotatable bonds is 8. The van der Waals surface area contributed by atoms with Gasteiger partial charge in [-0.2, -0.15) is 9.41 Å². The number of sulfonamides is 1. The van der Waals surface area contributed by atoms with Gasteiger partial charge in [-0.05, 0) is 30.5 Å². The third-order valence-electron chi connectivity index (χ3n) is 3.73. The number of nitro groups is 1. The first-order valence-electron chi connectivity index (χ1n) is 7.94. The van der Waals surface area contributed by atoms with E-state index in [1.54, 1.807) is 20.8 Å². The maximum absolute atomic E-state index is 12.6. The van der Waals surface area contributed by atoms with Gasteiger partial charge in [0.25, 0.3) is 5.69 Å². The molecular weight excluding hydrogens is 376 g/mol. The maximum Gasteiger partial charge on any atom is 0.295 e. The lowest BCUT2D eigenvalue weighted by atomic mass is 10.3. The molecule has 0 atom stereocenters. The summed E-state index contributed by atoms with van der Waals surface area (Å²) in [7, 11) is -3.77. The van der Waals surface area contributed by atoms with Gasteiger partial charge in [-0.25, -0.2) is 8.42 Å². The van der Waals surface area contributed by atoms with E-state index in [9.17, 15) is 18.5 Å². The lowest BCUT2D eigenvalue weighted by Crippen LogP contribution is -2.30. The molecule has 0 spiro atoms. The highest BCUT2D eigenvalue weighted by Gasteiger charge is 2.25. The van der Waals surface area contributed by atoms with E-state index in [0.717, 1.165) is 10.9 Å². The molecule has 1 aromatic heterocycles. The van der Waals surface area contributed by atoms with E-state index in [4.69, 9.17) is 0 Å². The summed E-state index contributed by atoms with van der Waals surface area (Å²) in [4.78, 5) is 11.6. The summed E-state index contributed by atoms with van der Waals surface area (Å²) < 4.78 is 26.4. The van der Waals surface area contributed by atoms with Crippen LogP contribution in [0.2, 0.25) is 0 Å². The molecular formula is C16H20N4O4S2. The molecule has 0 saturated heterocycles. The van der Waals surface area contributed by atoms with Crippen molar-refractivity contribution in [2.45, 2.75) is 25.7 Å². The molecule has 2 rings (SSSR count). The fourth-order valence-electron chi connectivity index (χ4n) is 2.31. The Morgan fingerprint density at radius 2 is 2.00 bits per heavy atom. The molecule has 1 aromatic carbocycles. The Kier molecular flexibility index (Phi) is 6.46. The molecule has 2 aromatic rings. The van der Waals surface area contributed by atoms with Gasteiger partial charge in [-0.1, -0.05) is 19.9 Å². The van der Waals surface area contributed by atoms with E-state index in [-0.39, 0.29) is 29.4 Å². The minimum Gasteiger partial charge on any atom is -0.271 e. The van der Waals surface area contributed by atoms with Crippen molar-refractivity contribution in [2.24, 2.45) is 5.10 Å². The molecule has 140 valence electrons. The van der Waals surface area contributed by atoms with Crippen LogP contribution in [0.1, 0.15) is 25.6 Å². The van der Waals surface area contributed by atoms with Crippen molar-refractivity contribution in [2.75, 3.05) is 18.5 Å². The van der Waals surface area contributed by atoms with Crippen molar-refractivity contribution >= 4 is 38.4 Å². The smallest absolute Gasteiger partial charge is 0.271 e. The second-order valence-electron chi connectivity index (χ2n) is 5.31. The van der Waals surface area contributed by atoms with Crippen LogP contribution in [-0.4, -0.2) is 36.4 Å². The predicted molar refractivity (Wildman–Crippen MR) is 103 cm³/mol. The highest BCUT2D eigenvalue weighted by molar-refractivity contribution is 7.89. The van der Waals surface area contributed by atoms with Crippen molar-refractivity contribution in [1.29, 1.82) is 0 Å². The second-order valence-corrected chi connectivity index (χ2v) is 8.20. The molecule has 0 aliphatic rings. The maximum atomic E-state index is 12.6. The Morgan fingerprint density at radius 1 is 1.31 bits per heavy atom. The van der Waals surface area contributed by atoms with Crippen molar-refractivity contribution < 1.29 is 13.3 Å². The third-order valence-corrected chi connectivity index (χ3v) is 6.76. The van der Waals surface area contributed by atoms with Crippen LogP contribution >= 0.6 is 11.3 Å². The van der Waals surface area contributed by atoms with Gasteiger partial charge in [0.05, 0.1) is 15.5 Å². The van der Waals surface area contributed by atoms with E-state index < -0.39 is 14.9 Å². The molecule has 26 heavy (non-hydrogen) atoms. The number of thiophene rings is 1. The number of nitrogens with zero attached hydrogens (tertiary/aromatic N) is 3. The van der Waals surface area contributed by atoms with Crippen molar-refractivity contribution in [3.05, 3.63) is 50.7 Å². The molecule has 0 aliphatic heterocycles. The molecule has 0 aliphatic carbocycles. The quantitative estimate of drug-likeness (QED) is 0.417. The fraction of sp³-hybridized carbons (Fsp3) is 0.312. The zero-order chi connectivity index (χ0) is 19.3. The minimum atomic E-state index is -3.77. The summed E-state index contributed by atoms with van der Waals surface area (Å²) in [6.45, 7) is 5.79. The van der Waals surface area contributed by atoms with Gasteiger partial charge < -0.3 is 0 Å². The Labute approximate surface area is 156 Å². The molecule has 10 heteroatoms. The molecule has 8 nitrogen and oxygen atoms in total. The van der Waals surface area contributed by atoms with Gasteiger partial charge in [-0.3, -0.25) is 15.5 Å². The largest absolute Gasteiger partial charge is 0.295 e. The first kappa shape index (κ1) is 20.0. The number of hydrazone groups is 1. The monoisotopic (exact) mass is 396 g/mol. The molecule has 1 heterocycles. The highest BCUT2D eigenvalue weighted by atomic mass is 32.2. The van der Waals surface area contributed by atoms with E-state index >= 15 is 0 Å². The van der Waals surface area contributed by atoms with E-state index in [0.29, 0.717) is 5.71 Å². The van der Waals surface area contributed by atoms with Gasteiger partial charge >= 0.3 is 0 Å². The van der Waals surface area contributed by atoms with Crippen LogP contribution in [-0.2, 0) is 10.0 Å². The van der Waals surface area contributed by atoms with Gasteiger partial charge in [0.1, 0.15) is 5.69 Å². The number of nitro benzene ring substituents is 1. The van der Waals surface area contributed by atoms with Crippen LogP contribution in [0.4, 0.5) is 11.4 Å². The van der Waals surface area contributed by atoms with Crippen LogP contribution in [0.3, 0.4) is 0 Å². The van der Waals surface area contributed by atoms with E-state index in [2.05, 4.69) is 10.5 Å². The second kappa shape index (κ2) is 8.39. The average Bonchev–Trinajstić information content (AvgIpc) is 3.15. The topological polar surface area (TPSA) is 105 Å². The van der Waals surface area contributed by atoms with Gasteiger partial charge in [0.15, 0.2) is 0 Å². The normalized spacial score (nSPS) is 12.4. The summed E-state index contributed by atoms with van der Waals surface area (Å²) in [5.41, 5.74) is 3.12. The lowest BCUT2D eigenvalue weighted by molar-refractivity contribution is -0.384. The van der Waals surface area contributed by atoms with Gasteiger partial charge in [-0.15, -0.1) is 11.3 Å². The Balaban J connectivity index is 2.38. The molecule has 0 amide bonds. The van der Waals surface area contributed by atoms with Crippen LogP contribution in [0.15, 0.2) is 45.7 Å². The van der Waals surface area contributed by atoms with Crippen LogP contribution in [0.5, 0.6) is 0 Å². The number of hydrogen-bond acceptors (Lipinski definition) is 7. The first-order valence-corrected chi connectivity index (χ1v) is 10.3. The van der Waals surface area contributed by atoms with Crippen LogP contribution in [0.25, 0.3) is 0 Å². The summed E-state index contributed by atoms with van der Waals surface area (Å²) in [5.74, 6) is 0. The summed E-state index contributed by atoms with van der Waals surface area (Å²) >= 11 is 1.50. The molecule has 0 unspecified atom stereocenters. The standard InChI is InChI=1S/C16H20N4O4S2/c1-4-19(5-2)26(23,24)13-8-9-14(15(11-13)20(21)22)18-17-12(3)16-7-6-10-25-16/h6-11,18H,4-5H2,1-3H3/b17-12-. The molecule has 1 N–H and O–H groups in total. The zero-order valence-electron chi connectivity index (χ0n) is 14.7. The SMILES string of the molecule is CCN(CC)S(=O)(=O)c1ccc(N/N=C(/C)c2cccs2)c([N+](=O)[O-])c1. The number of benzene rings is 1. The molecule has 0 radical (unpaired) electrons. The fourth-order valence-corrected chi connectivity index (χ4v) is 4.47. The predicted octanol–water partition coefficient (Wildman–Crippen LogP) is 3.52. The van der Waals surface area contributed by atoms with Crippen LogP contribution in [0, 0.1) is 10.1 Å². The lowest BCUT2D eigenvalue weighted by Gasteiger charge is -2.18. The van der Waals surface area contributed by atoms with Gasteiger partial charge in [0.2, 0.25) is 10.0 Å². The van der Waals surface area contributed by atoms with Crippen LogP contribution < -0.4 is 5.43 Å². The first-order chi connectivity index (χ1) is 12.3. The molecule has 0 saturated carbocycles. The van der Waals surface area contributed by atoms with Crippen molar-refractivity contribution in [1.82, 2.24) is 4.31 Å². The number of nitrogens with one attached hydrogen (secondary N) is 1. The van der Waals surface area contributed by atoms with E-state index in [1.165, 1.54) is 27.8 Å². The summed E-state index contributed by atoms with van der Waals surface area (Å²) in [6.07, 6.45) is 0. The van der Waals surface area contributed by atoms with E-state index in [1.807, 2.05) is 17.5 Å². The number of anilines is 1.